The molecule has 0 amide bonds. The molecule has 1 aromatic carbocycles. The van der Waals surface area contributed by atoms with E-state index in [0.29, 0.717) is 0 Å². The third-order valence-corrected chi connectivity index (χ3v) is 2.05. The first-order valence-electron chi connectivity index (χ1n) is 5.03. The van der Waals surface area contributed by atoms with E-state index in [1.54, 1.807) is 0 Å². The van der Waals surface area contributed by atoms with Gasteiger partial charge in [-0.2, -0.15) is 5.26 Å². The first-order chi connectivity index (χ1) is 6.86. The Balaban J connectivity index is 2.59. The molecule has 0 aromatic heterocycles. The zero-order valence-corrected chi connectivity index (χ0v) is 8.53. The standard InChI is InChI=1S/C13H15N/c1-2-3-4-5-7-12-8-6-9-13(10-12)11-14/h5-10H,2-4H2,1H3. The molecule has 0 fully saturated rings. The molecule has 0 bridgehead atoms. The quantitative estimate of drug-likeness (QED) is 0.655. The third-order valence-electron chi connectivity index (χ3n) is 2.05. The molecule has 1 heteroatoms. The molecule has 0 radical (unpaired) electrons. The molecule has 0 spiro atoms. The maximum atomic E-state index is 8.70. The van der Waals surface area contributed by atoms with Crippen molar-refractivity contribution in [2.24, 2.45) is 0 Å². The Kier molecular flexibility index (Phi) is 4.50. The van der Waals surface area contributed by atoms with Gasteiger partial charge in [-0.25, -0.2) is 0 Å². The SMILES string of the molecule is CCCCC=Cc1cccc(C#N)c1. The van der Waals surface area contributed by atoms with Crippen LogP contribution in [0.4, 0.5) is 0 Å². The molecule has 1 nitrogen and oxygen atoms in total. The van der Waals surface area contributed by atoms with Crippen LogP contribution < -0.4 is 0 Å². The van der Waals surface area contributed by atoms with Crippen molar-refractivity contribution in [3.05, 3.63) is 41.5 Å². The normalized spacial score (nSPS) is 10.3. The van der Waals surface area contributed by atoms with E-state index in [9.17, 15) is 0 Å². The lowest BCUT2D eigenvalue weighted by atomic mass is 10.1. The Morgan fingerprint density at radius 2 is 2.29 bits per heavy atom. The second-order valence-corrected chi connectivity index (χ2v) is 3.28. The van der Waals surface area contributed by atoms with E-state index in [4.69, 9.17) is 5.26 Å². The van der Waals surface area contributed by atoms with Crippen molar-refractivity contribution in [2.75, 3.05) is 0 Å². The van der Waals surface area contributed by atoms with Crippen molar-refractivity contribution in [1.82, 2.24) is 0 Å². The summed E-state index contributed by atoms with van der Waals surface area (Å²) >= 11 is 0. The highest BCUT2D eigenvalue weighted by Crippen LogP contribution is 2.07. The number of nitriles is 1. The van der Waals surface area contributed by atoms with E-state index >= 15 is 0 Å². The maximum Gasteiger partial charge on any atom is 0.0991 e. The monoisotopic (exact) mass is 185 g/mol. The molecule has 0 heterocycles. The molecule has 0 aliphatic heterocycles. The van der Waals surface area contributed by atoms with E-state index in [1.165, 1.54) is 12.8 Å². The first-order valence-corrected chi connectivity index (χ1v) is 5.03. The summed E-state index contributed by atoms with van der Waals surface area (Å²) in [5.74, 6) is 0. The van der Waals surface area contributed by atoms with Gasteiger partial charge < -0.3 is 0 Å². The Morgan fingerprint density at radius 1 is 1.43 bits per heavy atom. The lowest BCUT2D eigenvalue weighted by molar-refractivity contribution is 0.816. The van der Waals surface area contributed by atoms with Crippen LogP contribution >= 0.6 is 0 Å². The van der Waals surface area contributed by atoms with Gasteiger partial charge in [0, 0.05) is 0 Å². The second kappa shape index (κ2) is 5.99. The van der Waals surface area contributed by atoms with Gasteiger partial charge in [0.25, 0.3) is 0 Å². The largest absolute Gasteiger partial charge is 0.192 e. The highest BCUT2D eigenvalue weighted by atomic mass is 14.2. The average molecular weight is 185 g/mol. The molecule has 0 unspecified atom stereocenters. The summed E-state index contributed by atoms with van der Waals surface area (Å²) in [6.07, 6.45) is 7.82. The molecule has 0 atom stereocenters. The van der Waals surface area contributed by atoms with Crippen LogP contribution in [0, 0.1) is 11.3 Å². The summed E-state index contributed by atoms with van der Waals surface area (Å²) in [6, 6.07) is 9.79. The number of allylic oxidation sites excluding steroid dienone is 1. The number of unbranched alkanes of at least 4 members (excludes halogenated alkanes) is 2. The van der Waals surface area contributed by atoms with Gasteiger partial charge in [-0.05, 0) is 24.1 Å². The molecule has 0 N–H and O–H groups in total. The number of nitrogens with zero attached hydrogens (tertiary/aromatic N) is 1. The van der Waals surface area contributed by atoms with Crippen LogP contribution in [-0.2, 0) is 0 Å². The van der Waals surface area contributed by atoms with Gasteiger partial charge in [-0.15, -0.1) is 0 Å². The minimum absolute atomic E-state index is 0.725. The summed E-state index contributed by atoms with van der Waals surface area (Å²) < 4.78 is 0. The van der Waals surface area contributed by atoms with Crippen LogP contribution in [0.5, 0.6) is 0 Å². The highest BCUT2D eigenvalue weighted by molar-refractivity contribution is 5.52. The Hall–Kier alpha value is -1.55. The topological polar surface area (TPSA) is 23.8 Å². The van der Waals surface area contributed by atoms with Crippen LogP contribution in [0.25, 0.3) is 6.08 Å². The molecule has 1 aromatic rings. The van der Waals surface area contributed by atoms with Crippen LogP contribution in [0.15, 0.2) is 30.3 Å². The maximum absolute atomic E-state index is 8.70. The summed E-state index contributed by atoms with van der Waals surface area (Å²) in [5.41, 5.74) is 1.84. The van der Waals surface area contributed by atoms with Gasteiger partial charge in [0.05, 0.1) is 11.6 Å². The highest BCUT2D eigenvalue weighted by Gasteiger charge is 1.89. The first kappa shape index (κ1) is 10.5. The molecule has 0 saturated heterocycles. The fourth-order valence-electron chi connectivity index (χ4n) is 1.25. The molecular weight excluding hydrogens is 170 g/mol. The van der Waals surface area contributed by atoms with Gasteiger partial charge in [0.2, 0.25) is 0 Å². The average Bonchev–Trinajstić information content (AvgIpc) is 2.25. The van der Waals surface area contributed by atoms with Gasteiger partial charge in [0.1, 0.15) is 0 Å². The van der Waals surface area contributed by atoms with Crippen molar-refractivity contribution in [3.8, 4) is 6.07 Å². The summed E-state index contributed by atoms with van der Waals surface area (Å²) in [5, 5.41) is 8.70. The fourth-order valence-corrected chi connectivity index (χ4v) is 1.25. The fraction of sp³-hybridized carbons (Fsp3) is 0.308. The molecule has 14 heavy (non-hydrogen) atoms. The van der Waals surface area contributed by atoms with Crippen molar-refractivity contribution < 1.29 is 0 Å². The van der Waals surface area contributed by atoms with E-state index in [2.05, 4.69) is 25.1 Å². The summed E-state index contributed by atoms with van der Waals surface area (Å²) in [6.45, 7) is 2.18. The summed E-state index contributed by atoms with van der Waals surface area (Å²) in [4.78, 5) is 0. The number of hydrogen-bond donors (Lipinski definition) is 0. The van der Waals surface area contributed by atoms with Crippen molar-refractivity contribution >= 4 is 6.08 Å². The molecule has 72 valence electrons. The van der Waals surface area contributed by atoms with Crippen molar-refractivity contribution in [3.63, 3.8) is 0 Å². The van der Waals surface area contributed by atoms with E-state index in [-0.39, 0.29) is 0 Å². The predicted octanol–water partition coefficient (Wildman–Crippen LogP) is 3.76. The molecule has 0 saturated carbocycles. The molecule has 1 rings (SSSR count). The molecule has 0 aliphatic carbocycles. The Morgan fingerprint density at radius 3 is 3.00 bits per heavy atom. The number of hydrogen-bond acceptors (Lipinski definition) is 1. The predicted molar refractivity (Wildman–Crippen MR) is 59.7 cm³/mol. The smallest absolute Gasteiger partial charge is 0.0991 e. The molecule has 0 aliphatic rings. The Bertz CT molecular complexity index is 344. The van der Waals surface area contributed by atoms with Gasteiger partial charge in [-0.1, -0.05) is 44.1 Å². The zero-order chi connectivity index (χ0) is 10.2. The van der Waals surface area contributed by atoms with Gasteiger partial charge >= 0.3 is 0 Å². The second-order valence-electron chi connectivity index (χ2n) is 3.28. The van der Waals surface area contributed by atoms with E-state index in [1.807, 2.05) is 24.3 Å². The van der Waals surface area contributed by atoms with E-state index in [0.717, 1.165) is 17.5 Å². The van der Waals surface area contributed by atoms with Crippen LogP contribution in [0.3, 0.4) is 0 Å². The van der Waals surface area contributed by atoms with Gasteiger partial charge in [-0.3, -0.25) is 0 Å². The minimum Gasteiger partial charge on any atom is -0.192 e. The van der Waals surface area contributed by atoms with Crippen LogP contribution in [0.2, 0.25) is 0 Å². The minimum atomic E-state index is 0.725. The van der Waals surface area contributed by atoms with Crippen LogP contribution in [0.1, 0.15) is 37.3 Å². The summed E-state index contributed by atoms with van der Waals surface area (Å²) in [7, 11) is 0. The van der Waals surface area contributed by atoms with E-state index < -0.39 is 0 Å². The van der Waals surface area contributed by atoms with Crippen molar-refractivity contribution in [1.29, 1.82) is 5.26 Å². The lowest BCUT2D eigenvalue weighted by Gasteiger charge is -1.93. The lowest BCUT2D eigenvalue weighted by Crippen LogP contribution is -1.76. The third kappa shape index (κ3) is 3.45. The van der Waals surface area contributed by atoms with Gasteiger partial charge in [0.15, 0.2) is 0 Å². The number of benzene rings is 1. The Labute approximate surface area is 85.7 Å². The van der Waals surface area contributed by atoms with Crippen LogP contribution in [-0.4, -0.2) is 0 Å². The number of rotatable bonds is 4. The zero-order valence-electron chi connectivity index (χ0n) is 8.53. The van der Waals surface area contributed by atoms with Crippen molar-refractivity contribution in [2.45, 2.75) is 26.2 Å². The molecular formula is C13H15N.